The summed E-state index contributed by atoms with van der Waals surface area (Å²) in [6.07, 6.45) is 4.68. The van der Waals surface area contributed by atoms with Crippen molar-refractivity contribution >= 4 is 11.9 Å². The van der Waals surface area contributed by atoms with E-state index >= 15 is 0 Å². The summed E-state index contributed by atoms with van der Waals surface area (Å²) in [7, 11) is 1.71. The number of methoxy groups -OCH3 is 1. The molecule has 2 fully saturated rings. The van der Waals surface area contributed by atoms with Crippen molar-refractivity contribution in [3.63, 3.8) is 0 Å². The molecule has 24 heavy (non-hydrogen) atoms. The summed E-state index contributed by atoms with van der Waals surface area (Å²) in [5, 5.41) is 17.7. The highest BCUT2D eigenvalue weighted by atomic mass is 16.5. The minimum absolute atomic E-state index is 0.0752. The summed E-state index contributed by atoms with van der Waals surface area (Å²) in [6, 6.07) is 0. The SMILES string of the molecule is COC1[C@H](C)CC(C(=O)O)C[C@@H]1C.C[C@@H]1CC(C(=O)O)C[C@H](C)C1. The van der Waals surface area contributed by atoms with Gasteiger partial charge >= 0.3 is 11.9 Å². The molecule has 5 heteroatoms. The maximum atomic E-state index is 10.8. The van der Waals surface area contributed by atoms with Crippen LogP contribution in [0.25, 0.3) is 0 Å². The van der Waals surface area contributed by atoms with Crippen LogP contribution < -0.4 is 0 Å². The van der Waals surface area contributed by atoms with Crippen LogP contribution in [0.1, 0.15) is 59.8 Å². The standard InChI is InChI=1S/C10H18O3.C9H16O2/c1-6-4-8(10(11)12)5-7(2)9(6)13-3;1-6-3-7(2)5-8(4-6)9(10)11/h6-9H,4-5H2,1-3H3,(H,11,12);6-8H,3-5H2,1-2H3,(H,10,11)/t6-,7+,8?,9?;6-,7+,8?. The number of hydrogen-bond acceptors (Lipinski definition) is 3. The van der Waals surface area contributed by atoms with Gasteiger partial charge in [0.05, 0.1) is 17.9 Å². The molecule has 0 aliphatic heterocycles. The van der Waals surface area contributed by atoms with Crippen LogP contribution in [0.5, 0.6) is 0 Å². The summed E-state index contributed by atoms with van der Waals surface area (Å²) in [5.74, 6) is 0.395. The van der Waals surface area contributed by atoms with E-state index in [1.54, 1.807) is 7.11 Å². The zero-order chi connectivity index (χ0) is 18.4. The second kappa shape index (κ2) is 9.40. The Morgan fingerprint density at radius 1 is 0.750 bits per heavy atom. The van der Waals surface area contributed by atoms with Crippen molar-refractivity contribution in [3.8, 4) is 0 Å². The van der Waals surface area contributed by atoms with E-state index in [1.807, 2.05) is 0 Å². The molecule has 0 aromatic heterocycles. The van der Waals surface area contributed by atoms with Crippen LogP contribution in [0, 0.1) is 35.5 Å². The third-order valence-electron chi connectivity index (χ3n) is 5.58. The molecule has 0 amide bonds. The molecule has 0 aromatic rings. The van der Waals surface area contributed by atoms with E-state index in [9.17, 15) is 9.59 Å². The van der Waals surface area contributed by atoms with E-state index < -0.39 is 11.9 Å². The van der Waals surface area contributed by atoms with Gasteiger partial charge in [0.1, 0.15) is 0 Å². The Bertz CT molecular complexity index is 400. The number of aliphatic carboxylic acids is 2. The molecule has 3 unspecified atom stereocenters. The molecule has 2 aliphatic rings. The molecule has 0 spiro atoms. The molecule has 0 aromatic carbocycles. The molecule has 2 rings (SSSR count). The molecule has 0 heterocycles. The normalized spacial score (nSPS) is 39.5. The van der Waals surface area contributed by atoms with E-state index in [0.29, 0.717) is 23.7 Å². The molecule has 7 atom stereocenters. The van der Waals surface area contributed by atoms with Crippen LogP contribution in [0.2, 0.25) is 0 Å². The van der Waals surface area contributed by atoms with E-state index in [4.69, 9.17) is 14.9 Å². The third kappa shape index (κ3) is 6.08. The first-order chi connectivity index (χ1) is 11.1. The molecule has 0 saturated heterocycles. The Labute approximate surface area is 145 Å². The maximum Gasteiger partial charge on any atom is 0.306 e. The minimum atomic E-state index is -0.659. The molecule has 5 nitrogen and oxygen atoms in total. The smallest absolute Gasteiger partial charge is 0.306 e. The lowest BCUT2D eigenvalue weighted by Gasteiger charge is -2.36. The van der Waals surface area contributed by atoms with E-state index in [1.165, 1.54) is 6.42 Å². The second-order valence-electron chi connectivity index (χ2n) is 8.11. The average molecular weight is 342 g/mol. The van der Waals surface area contributed by atoms with Crippen LogP contribution in [0.3, 0.4) is 0 Å². The minimum Gasteiger partial charge on any atom is -0.481 e. The number of carbonyl (C=O) groups is 2. The van der Waals surface area contributed by atoms with E-state index in [-0.39, 0.29) is 17.9 Å². The van der Waals surface area contributed by atoms with Crippen molar-refractivity contribution in [3.05, 3.63) is 0 Å². The summed E-state index contributed by atoms with van der Waals surface area (Å²) in [6.45, 7) is 8.43. The van der Waals surface area contributed by atoms with Crippen LogP contribution in [-0.2, 0) is 14.3 Å². The predicted molar refractivity (Wildman–Crippen MR) is 92.8 cm³/mol. The maximum absolute atomic E-state index is 10.8. The van der Waals surface area contributed by atoms with Gasteiger partial charge in [0, 0.05) is 7.11 Å². The van der Waals surface area contributed by atoms with Gasteiger partial charge < -0.3 is 14.9 Å². The molecule has 2 N–H and O–H groups in total. The molecule has 2 saturated carbocycles. The monoisotopic (exact) mass is 342 g/mol. The lowest BCUT2D eigenvalue weighted by molar-refractivity contribution is -0.146. The number of carboxylic acids is 2. The average Bonchev–Trinajstić information content (AvgIpc) is 2.46. The molecule has 0 bridgehead atoms. The van der Waals surface area contributed by atoms with Crippen LogP contribution in [0.15, 0.2) is 0 Å². The zero-order valence-corrected chi connectivity index (χ0v) is 15.7. The first-order valence-electron chi connectivity index (χ1n) is 9.14. The van der Waals surface area contributed by atoms with Gasteiger partial charge in [-0.3, -0.25) is 9.59 Å². The van der Waals surface area contributed by atoms with Gasteiger partial charge in [0.25, 0.3) is 0 Å². The van der Waals surface area contributed by atoms with Crippen molar-refractivity contribution < 1.29 is 24.5 Å². The van der Waals surface area contributed by atoms with Crippen molar-refractivity contribution in [1.82, 2.24) is 0 Å². The highest BCUT2D eigenvalue weighted by molar-refractivity contribution is 5.70. The van der Waals surface area contributed by atoms with E-state index in [0.717, 1.165) is 25.7 Å². The predicted octanol–water partition coefficient (Wildman–Crippen LogP) is 3.91. The fourth-order valence-corrected chi connectivity index (χ4v) is 4.64. The Balaban J connectivity index is 0.000000243. The molecular formula is C19H34O5. The molecule has 0 radical (unpaired) electrons. The van der Waals surface area contributed by atoms with Crippen LogP contribution in [-0.4, -0.2) is 35.4 Å². The highest BCUT2D eigenvalue weighted by Crippen LogP contribution is 2.35. The fourth-order valence-electron chi connectivity index (χ4n) is 4.64. The number of ether oxygens (including phenoxy) is 1. The van der Waals surface area contributed by atoms with Crippen molar-refractivity contribution in [1.29, 1.82) is 0 Å². The van der Waals surface area contributed by atoms with E-state index in [2.05, 4.69) is 27.7 Å². The van der Waals surface area contributed by atoms with Gasteiger partial charge in [-0.25, -0.2) is 0 Å². The summed E-state index contributed by atoms with van der Waals surface area (Å²) in [4.78, 5) is 21.4. The van der Waals surface area contributed by atoms with Gasteiger partial charge in [-0.2, -0.15) is 0 Å². The fraction of sp³-hybridized carbons (Fsp3) is 0.895. The first kappa shape index (κ1) is 20.9. The van der Waals surface area contributed by atoms with Crippen molar-refractivity contribution in [2.24, 2.45) is 35.5 Å². The second-order valence-corrected chi connectivity index (χ2v) is 8.11. The van der Waals surface area contributed by atoms with Crippen LogP contribution >= 0.6 is 0 Å². The van der Waals surface area contributed by atoms with Crippen molar-refractivity contribution in [2.75, 3.05) is 7.11 Å². The quantitative estimate of drug-likeness (QED) is 0.812. The molecule has 2 aliphatic carbocycles. The highest BCUT2D eigenvalue weighted by Gasteiger charge is 2.36. The Kier molecular flexibility index (Phi) is 8.20. The van der Waals surface area contributed by atoms with Crippen LogP contribution in [0.4, 0.5) is 0 Å². The largest absolute Gasteiger partial charge is 0.481 e. The summed E-state index contributed by atoms with van der Waals surface area (Å²) < 4.78 is 5.35. The molecule has 140 valence electrons. The Hall–Kier alpha value is -1.10. The summed E-state index contributed by atoms with van der Waals surface area (Å²) in [5.41, 5.74) is 0. The van der Waals surface area contributed by atoms with Gasteiger partial charge in [-0.1, -0.05) is 27.7 Å². The van der Waals surface area contributed by atoms with Crippen molar-refractivity contribution in [2.45, 2.75) is 65.9 Å². The van der Waals surface area contributed by atoms with Gasteiger partial charge in [-0.15, -0.1) is 0 Å². The topological polar surface area (TPSA) is 83.8 Å². The third-order valence-corrected chi connectivity index (χ3v) is 5.58. The Morgan fingerprint density at radius 3 is 1.46 bits per heavy atom. The first-order valence-corrected chi connectivity index (χ1v) is 9.14. The van der Waals surface area contributed by atoms with Gasteiger partial charge in [0.15, 0.2) is 0 Å². The number of hydrogen-bond donors (Lipinski definition) is 2. The Morgan fingerprint density at radius 2 is 1.12 bits per heavy atom. The lowest BCUT2D eigenvalue weighted by atomic mass is 9.74. The van der Waals surface area contributed by atoms with Gasteiger partial charge in [-0.05, 0) is 55.8 Å². The zero-order valence-electron chi connectivity index (χ0n) is 15.7. The van der Waals surface area contributed by atoms with Gasteiger partial charge in [0.2, 0.25) is 0 Å². The number of carboxylic acid groups (broad SMARTS) is 2. The number of rotatable bonds is 3. The molecular weight excluding hydrogens is 308 g/mol. The summed E-state index contributed by atoms with van der Waals surface area (Å²) >= 11 is 0. The lowest BCUT2D eigenvalue weighted by Crippen LogP contribution is -2.38.